The van der Waals surface area contributed by atoms with Gasteiger partial charge in [-0.05, 0) is 6.92 Å². The maximum absolute atomic E-state index is 13.1. The van der Waals surface area contributed by atoms with Crippen molar-refractivity contribution in [2.45, 2.75) is 49.1 Å². The van der Waals surface area contributed by atoms with Crippen LogP contribution in [-0.4, -0.2) is 35.8 Å². The summed E-state index contributed by atoms with van der Waals surface area (Å²) in [5, 5.41) is 8.13. The van der Waals surface area contributed by atoms with Crippen LogP contribution in [0, 0.1) is 17.2 Å². The third-order valence-corrected chi connectivity index (χ3v) is 2.78. The Balaban J connectivity index is 6.16. The fourth-order valence-corrected chi connectivity index (χ4v) is 1.36. The molecule has 0 N–H and O–H groups in total. The Kier molecular flexibility index (Phi) is 5.49. The number of rotatable bonds is 6. The van der Waals surface area contributed by atoms with Crippen molar-refractivity contribution in [3.63, 3.8) is 0 Å². The lowest BCUT2D eigenvalue weighted by Gasteiger charge is -2.39. The molecule has 0 fully saturated rings. The largest absolute Gasteiger partial charge is 0.460 e. The summed E-state index contributed by atoms with van der Waals surface area (Å²) in [5.74, 6) is -39.1. The average molecular weight is 387 g/mol. The van der Waals surface area contributed by atoms with Crippen LogP contribution >= 0.6 is 0 Å². The molecule has 0 saturated heterocycles. The van der Waals surface area contributed by atoms with Crippen molar-refractivity contribution in [3.05, 3.63) is 0 Å². The van der Waals surface area contributed by atoms with Crippen LogP contribution < -0.4 is 0 Å². The molecular weight excluding hydrogens is 381 g/mol. The first-order valence-corrected chi connectivity index (χ1v) is 5.56. The Morgan fingerprint density at radius 2 is 1.00 bits per heavy atom. The second-order valence-corrected chi connectivity index (χ2v) is 4.73. The molecule has 0 heterocycles. The Morgan fingerprint density at radius 1 is 0.667 bits per heavy atom. The van der Waals surface area contributed by atoms with E-state index in [-0.39, 0.29) is 0 Å². The molecule has 0 aliphatic rings. The van der Waals surface area contributed by atoms with Gasteiger partial charge in [-0.3, -0.25) is 0 Å². The predicted molar refractivity (Wildman–Crippen MR) is 50.2 cm³/mol. The fourth-order valence-electron chi connectivity index (χ4n) is 1.36. The summed E-state index contributed by atoms with van der Waals surface area (Å²) < 4.78 is 164. The van der Waals surface area contributed by atoms with E-state index in [1.807, 2.05) is 0 Å². The van der Waals surface area contributed by atoms with Crippen LogP contribution in [0.5, 0.6) is 0 Å². The highest BCUT2D eigenvalue weighted by Gasteiger charge is 2.90. The van der Waals surface area contributed by atoms with Gasteiger partial charge in [-0.2, -0.15) is 62.3 Å². The summed E-state index contributed by atoms with van der Waals surface area (Å²) in [5.41, 5.74) is 0. The van der Waals surface area contributed by atoms with E-state index in [1.165, 1.54) is 0 Å². The molecule has 0 amide bonds. The first-order valence-electron chi connectivity index (χ1n) is 5.56. The lowest BCUT2D eigenvalue weighted by molar-refractivity contribution is -0.440. The molecule has 0 radical (unpaired) electrons. The van der Waals surface area contributed by atoms with Crippen LogP contribution in [0.3, 0.4) is 0 Å². The second kappa shape index (κ2) is 5.83. The van der Waals surface area contributed by atoms with Gasteiger partial charge in [-0.25, -0.2) is 0 Å². The maximum atomic E-state index is 13.1. The molecule has 14 heteroatoms. The topological polar surface area (TPSA) is 23.8 Å². The summed E-state index contributed by atoms with van der Waals surface area (Å²) >= 11 is 0. The minimum atomic E-state index is -7.90. The first-order chi connectivity index (χ1) is 10.2. The van der Waals surface area contributed by atoms with Crippen LogP contribution in [0.2, 0.25) is 0 Å². The van der Waals surface area contributed by atoms with E-state index < -0.39 is 48.1 Å². The number of nitriles is 1. The van der Waals surface area contributed by atoms with Crippen molar-refractivity contribution in [1.29, 1.82) is 5.26 Å². The van der Waals surface area contributed by atoms with Gasteiger partial charge in [0.1, 0.15) is 0 Å². The Labute approximate surface area is 125 Å². The molecule has 0 unspecified atom stereocenters. The van der Waals surface area contributed by atoms with Gasteiger partial charge >= 0.3 is 35.8 Å². The summed E-state index contributed by atoms with van der Waals surface area (Å²) in [6.07, 6.45) is -9.91. The van der Waals surface area contributed by atoms with Gasteiger partial charge in [0.15, 0.2) is 0 Å². The normalized spacial score (nSPS) is 16.7. The van der Waals surface area contributed by atoms with E-state index in [0.29, 0.717) is 6.92 Å². The zero-order valence-corrected chi connectivity index (χ0v) is 11.1. The Morgan fingerprint density at radius 3 is 1.29 bits per heavy atom. The van der Waals surface area contributed by atoms with Gasteiger partial charge in [0.25, 0.3) is 0 Å². The monoisotopic (exact) mass is 387 g/mol. The van der Waals surface area contributed by atoms with Crippen LogP contribution in [0.15, 0.2) is 0 Å². The molecule has 0 aliphatic heterocycles. The Hall–Kier alpha value is -1.42. The highest BCUT2D eigenvalue weighted by Crippen LogP contribution is 2.60. The minimum Gasteiger partial charge on any atom is -0.200 e. The zero-order chi connectivity index (χ0) is 20.0. The number of alkyl halides is 13. The van der Waals surface area contributed by atoms with E-state index in [9.17, 15) is 57.1 Å². The van der Waals surface area contributed by atoms with Gasteiger partial charge in [0.05, 0.1) is 6.07 Å². The van der Waals surface area contributed by atoms with Crippen molar-refractivity contribution in [1.82, 2.24) is 0 Å². The molecule has 24 heavy (non-hydrogen) atoms. The van der Waals surface area contributed by atoms with Crippen LogP contribution in [0.1, 0.15) is 13.3 Å². The van der Waals surface area contributed by atoms with Gasteiger partial charge in [-0.15, -0.1) is 0 Å². The highest BCUT2D eigenvalue weighted by atomic mass is 19.4. The summed E-state index contributed by atoms with van der Waals surface area (Å²) in [4.78, 5) is 0. The summed E-state index contributed by atoms with van der Waals surface area (Å²) in [6.45, 7) is 0.477. The number of hydrogen-bond acceptors (Lipinski definition) is 1. The molecule has 0 aromatic rings. The van der Waals surface area contributed by atoms with Gasteiger partial charge in [0.2, 0.25) is 0 Å². The number of hydrogen-bond donors (Lipinski definition) is 0. The predicted octanol–water partition coefficient (Wildman–Crippen LogP) is 5.27. The van der Waals surface area contributed by atoms with Crippen LogP contribution in [0.25, 0.3) is 0 Å². The summed E-state index contributed by atoms with van der Waals surface area (Å²) in [7, 11) is 0. The molecule has 0 saturated carbocycles. The molecule has 1 atom stereocenters. The molecule has 142 valence electrons. The van der Waals surface area contributed by atoms with Crippen molar-refractivity contribution < 1.29 is 57.1 Å². The van der Waals surface area contributed by atoms with E-state index in [4.69, 9.17) is 5.26 Å². The molecule has 0 aliphatic carbocycles. The Bertz CT molecular complexity index is 498. The third kappa shape index (κ3) is 3.08. The van der Waals surface area contributed by atoms with E-state index >= 15 is 0 Å². The van der Waals surface area contributed by atoms with Crippen LogP contribution in [-0.2, 0) is 0 Å². The molecule has 0 aromatic carbocycles. The lowest BCUT2D eigenvalue weighted by atomic mass is 9.90. The zero-order valence-electron chi connectivity index (χ0n) is 11.1. The van der Waals surface area contributed by atoms with Crippen molar-refractivity contribution in [2.75, 3.05) is 0 Å². The molecule has 1 nitrogen and oxygen atoms in total. The number of halogens is 13. The van der Waals surface area contributed by atoms with Crippen molar-refractivity contribution >= 4 is 0 Å². The molecular formula is C10H6F13N. The smallest absolute Gasteiger partial charge is 0.200 e. The van der Waals surface area contributed by atoms with E-state index in [1.54, 1.807) is 0 Å². The standard InChI is InChI=1S/C10H6F13N/c1-4(3-24)2-5(11,12)6(13,14)7(15,16)8(17,18)9(19,20)10(21,22)23/h4H,2H2,1H3/t4-/m1/s1. The quantitative estimate of drug-likeness (QED) is 0.570. The van der Waals surface area contributed by atoms with E-state index in [2.05, 4.69) is 0 Å². The molecule has 0 bridgehead atoms. The minimum absolute atomic E-state index is 0.477. The molecule has 0 aromatic heterocycles. The first kappa shape index (κ1) is 22.6. The second-order valence-electron chi connectivity index (χ2n) is 4.73. The van der Waals surface area contributed by atoms with Crippen molar-refractivity contribution in [3.8, 4) is 6.07 Å². The van der Waals surface area contributed by atoms with Crippen LogP contribution in [0.4, 0.5) is 57.1 Å². The number of nitrogens with zero attached hydrogens (tertiary/aromatic N) is 1. The van der Waals surface area contributed by atoms with Crippen molar-refractivity contribution in [2.24, 2.45) is 5.92 Å². The van der Waals surface area contributed by atoms with Gasteiger partial charge < -0.3 is 0 Å². The fraction of sp³-hybridized carbons (Fsp3) is 0.900. The summed E-state index contributed by atoms with van der Waals surface area (Å²) in [6, 6.07) is 0.864. The lowest BCUT2D eigenvalue weighted by Crippen LogP contribution is -2.70. The van der Waals surface area contributed by atoms with E-state index in [0.717, 1.165) is 6.07 Å². The molecule has 0 rings (SSSR count). The maximum Gasteiger partial charge on any atom is 0.460 e. The highest BCUT2D eigenvalue weighted by molar-refractivity contribution is 5.10. The third-order valence-electron chi connectivity index (χ3n) is 2.78. The average Bonchev–Trinajstić information content (AvgIpc) is 2.35. The SMILES string of the molecule is C[C@@H](C#N)CC(F)(F)C(F)(F)C(F)(F)C(F)(F)C(F)(F)C(F)(F)F. The molecule has 0 spiro atoms. The van der Waals surface area contributed by atoms with Gasteiger partial charge in [0, 0.05) is 12.3 Å². The van der Waals surface area contributed by atoms with Gasteiger partial charge in [-0.1, -0.05) is 0 Å².